The summed E-state index contributed by atoms with van der Waals surface area (Å²) < 4.78 is 2.38. The summed E-state index contributed by atoms with van der Waals surface area (Å²) in [7, 11) is 0. The number of benzene rings is 6. The van der Waals surface area contributed by atoms with E-state index in [0.29, 0.717) is 5.92 Å². The molecule has 184 valence electrons. The molecule has 1 nitrogen and oxygen atoms in total. The lowest BCUT2D eigenvalue weighted by molar-refractivity contribution is 0.794. The number of rotatable bonds is 3. The van der Waals surface area contributed by atoms with Gasteiger partial charge in [-0.25, -0.2) is 0 Å². The molecular weight excluding hydrogens is 470 g/mol. The van der Waals surface area contributed by atoms with Gasteiger partial charge in [-0.05, 0) is 69.6 Å². The molecule has 6 aromatic carbocycles. The highest BCUT2D eigenvalue weighted by atomic mass is 15.0. The molecule has 39 heavy (non-hydrogen) atoms. The molecule has 1 unspecified atom stereocenters. The second-order valence-corrected chi connectivity index (χ2v) is 10.5. The Morgan fingerprint density at radius 1 is 0.487 bits per heavy atom. The monoisotopic (exact) mass is 497 g/mol. The highest BCUT2D eigenvalue weighted by Gasteiger charge is 2.25. The maximum Gasteiger partial charge on any atom is 0.0541 e. The third-order valence-corrected chi connectivity index (χ3v) is 8.40. The van der Waals surface area contributed by atoms with Crippen LogP contribution in [0.25, 0.3) is 49.7 Å². The first kappa shape index (κ1) is 22.1. The average molecular weight is 498 g/mol. The van der Waals surface area contributed by atoms with Crippen molar-refractivity contribution in [2.45, 2.75) is 12.3 Å². The van der Waals surface area contributed by atoms with Gasteiger partial charge in [0.1, 0.15) is 0 Å². The molecule has 1 heterocycles. The zero-order chi connectivity index (χ0) is 25.8. The van der Waals surface area contributed by atoms with Crippen LogP contribution in [-0.4, -0.2) is 4.57 Å². The van der Waals surface area contributed by atoms with Crippen molar-refractivity contribution in [3.05, 3.63) is 162 Å². The van der Waals surface area contributed by atoms with E-state index in [2.05, 4.69) is 150 Å². The zero-order valence-electron chi connectivity index (χ0n) is 21.6. The summed E-state index contributed by atoms with van der Waals surface area (Å²) in [4.78, 5) is 0. The molecule has 0 aliphatic heterocycles. The first-order valence-corrected chi connectivity index (χ1v) is 13.7. The number of para-hydroxylation sites is 2. The van der Waals surface area contributed by atoms with Gasteiger partial charge in [-0.2, -0.15) is 0 Å². The highest BCUT2D eigenvalue weighted by Crippen LogP contribution is 2.43. The van der Waals surface area contributed by atoms with Crippen molar-refractivity contribution in [2.75, 3.05) is 0 Å². The topological polar surface area (TPSA) is 4.93 Å². The van der Waals surface area contributed by atoms with Crippen molar-refractivity contribution in [3.63, 3.8) is 0 Å². The van der Waals surface area contributed by atoms with Gasteiger partial charge in [-0.3, -0.25) is 0 Å². The van der Waals surface area contributed by atoms with E-state index in [-0.39, 0.29) is 0 Å². The van der Waals surface area contributed by atoms with E-state index in [0.717, 1.165) is 6.42 Å². The van der Waals surface area contributed by atoms with Crippen LogP contribution >= 0.6 is 0 Å². The number of fused-ring (bicyclic) bond motifs is 6. The molecule has 1 heteroatoms. The fraction of sp³-hybridized carbons (Fsp3) is 0.0526. The first-order chi connectivity index (χ1) is 19.3. The van der Waals surface area contributed by atoms with E-state index >= 15 is 0 Å². The zero-order valence-corrected chi connectivity index (χ0v) is 21.6. The third kappa shape index (κ3) is 3.55. The predicted molar refractivity (Wildman–Crippen MR) is 164 cm³/mol. The number of aromatic nitrogens is 1. The molecule has 0 amide bonds. The van der Waals surface area contributed by atoms with Gasteiger partial charge in [0.25, 0.3) is 0 Å². The van der Waals surface area contributed by atoms with Gasteiger partial charge < -0.3 is 4.57 Å². The molecule has 0 saturated carbocycles. The molecule has 0 bridgehead atoms. The first-order valence-electron chi connectivity index (χ1n) is 13.7. The molecule has 0 radical (unpaired) electrons. The summed E-state index contributed by atoms with van der Waals surface area (Å²) in [6.07, 6.45) is 1.03. The van der Waals surface area contributed by atoms with Crippen LogP contribution in [-0.2, 0) is 6.42 Å². The minimum absolute atomic E-state index is 0.355. The van der Waals surface area contributed by atoms with Crippen molar-refractivity contribution in [1.29, 1.82) is 0 Å². The van der Waals surface area contributed by atoms with Crippen molar-refractivity contribution < 1.29 is 0 Å². The van der Waals surface area contributed by atoms with E-state index in [1.807, 2.05) is 0 Å². The lowest BCUT2D eigenvalue weighted by atomic mass is 9.75. The van der Waals surface area contributed by atoms with Gasteiger partial charge in [-0.1, -0.05) is 121 Å². The molecule has 7 aromatic rings. The summed E-state index contributed by atoms with van der Waals surface area (Å²) in [5.41, 5.74) is 13.1. The standard InChI is InChI=1S/C38H27N/c1-2-13-31-29(10-1)25-36(33-15-4-3-14-32(31)33)28-12-9-11-27(24-28)26-20-22-30(23-21-26)39-37-18-7-5-16-34(37)35-17-6-8-19-38(35)39/h1-24,36H,25H2. The van der Waals surface area contributed by atoms with Gasteiger partial charge in [0.15, 0.2) is 0 Å². The summed E-state index contributed by atoms with van der Waals surface area (Å²) in [6.45, 7) is 0. The lowest BCUT2D eigenvalue weighted by Crippen LogP contribution is -2.12. The maximum atomic E-state index is 2.39. The normalized spacial score (nSPS) is 14.3. The average Bonchev–Trinajstić information content (AvgIpc) is 3.35. The van der Waals surface area contributed by atoms with E-state index < -0.39 is 0 Å². The van der Waals surface area contributed by atoms with Gasteiger partial charge in [0, 0.05) is 22.4 Å². The van der Waals surface area contributed by atoms with Crippen molar-refractivity contribution in [2.24, 2.45) is 0 Å². The fourth-order valence-corrected chi connectivity index (χ4v) is 6.57. The van der Waals surface area contributed by atoms with Crippen LogP contribution in [0.2, 0.25) is 0 Å². The van der Waals surface area contributed by atoms with Gasteiger partial charge in [0.2, 0.25) is 0 Å². The van der Waals surface area contributed by atoms with E-state index in [9.17, 15) is 0 Å². The molecule has 1 aliphatic carbocycles. The van der Waals surface area contributed by atoms with Crippen molar-refractivity contribution >= 4 is 21.8 Å². The van der Waals surface area contributed by atoms with E-state index in [1.165, 1.54) is 66.4 Å². The summed E-state index contributed by atoms with van der Waals surface area (Å²) in [5.74, 6) is 0.355. The molecule has 8 rings (SSSR count). The Hall–Kier alpha value is -4.88. The predicted octanol–water partition coefficient (Wildman–Crippen LogP) is 9.81. The highest BCUT2D eigenvalue weighted by molar-refractivity contribution is 6.09. The summed E-state index contributed by atoms with van der Waals surface area (Å²) in [6, 6.07) is 53.3. The van der Waals surface area contributed by atoms with Crippen LogP contribution in [0, 0.1) is 0 Å². The van der Waals surface area contributed by atoms with Gasteiger partial charge in [-0.15, -0.1) is 0 Å². The Morgan fingerprint density at radius 3 is 1.90 bits per heavy atom. The van der Waals surface area contributed by atoms with Crippen LogP contribution in [0.1, 0.15) is 22.6 Å². The molecular formula is C38H27N. The molecule has 0 N–H and O–H groups in total. The smallest absolute Gasteiger partial charge is 0.0541 e. The summed E-state index contributed by atoms with van der Waals surface area (Å²) in [5, 5.41) is 2.58. The van der Waals surface area contributed by atoms with Crippen LogP contribution in [0.15, 0.2) is 146 Å². The quantitative estimate of drug-likeness (QED) is 0.229. The number of hydrogen-bond acceptors (Lipinski definition) is 0. The Morgan fingerprint density at radius 2 is 1.13 bits per heavy atom. The third-order valence-electron chi connectivity index (χ3n) is 8.40. The van der Waals surface area contributed by atoms with Crippen LogP contribution < -0.4 is 0 Å². The Balaban J connectivity index is 1.19. The molecule has 1 aromatic heterocycles. The minimum Gasteiger partial charge on any atom is -0.309 e. The van der Waals surface area contributed by atoms with Crippen LogP contribution in [0.3, 0.4) is 0 Å². The number of hydrogen-bond donors (Lipinski definition) is 0. The van der Waals surface area contributed by atoms with E-state index in [4.69, 9.17) is 0 Å². The van der Waals surface area contributed by atoms with Gasteiger partial charge >= 0.3 is 0 Å². The molecule has 0 fully saturated rings. The Kier molecular flexibility index (Phi) is 5.03. The second kappa shape index (κ2) is 8.85. The minimum atomic E-state index is 0.355. The van der Waals surface area contributed by atoms with Crippen LogP contribution in [0.4, 0.5) is 0 Å². The lowest BCUT2D eigenvalue weighted by Gasteiger charge is -2.28. The SMILES string of the molecule is c1cc(-c2ccc(-n3c4ccccc4c4ccccc43)cc2)cc(C2Cc3ccccc3-c3ccccc32)c1. The van der Waals surface area contributed by atoms with Crippen molar-refractivity contribution in [3.8, 4) is 27.9 Å². The molecule has 1 atom stereocenters. The summed E-state index contributed by atoms with van der Waals surface area (Å²) >= 11 is 0. The number of nitrogens with zero attached hydrogens (tertiary/aromatic N) is 1. The maximum absolute atomic E-state index is 2.39. The van der Waals surface area contributed by atoms with Crippen LogP contribution in [0.5, 0.6) is 0 Å². The molecule has 1 aliphatic rings. The Bertz CT molecular complexity index is 1940. The second-order valence-electron chi connectivity index (χ2n) is 10.5. The van der Waals surface area contributed by atoms with Gasteiger partial charge in [0.05, 0.1) is 11.0 Å². The van der Waals surface area contributed by atoms with E-state index in [1.54, 1.807) is 0 Å². The molecule has 0 saturated heterocycles. The largest absolute Gasteiger partial charge is 0.309 e. The fourth-order valence-electron chi connectivity index (χ4n) is 6.57. The Labute approximate surface area is 228 Å². The van der Waals surface area contributed by atoms with Crippen molar-refractivity contribution in [1.82, 2.24) is 4.57 Å². The molecule has 0 spiro atoms.